The van der Waals surface area contributed by atoms with Gasteiger partial charge in [-0.3, -0.25) is 9.59 Å². The van der Waals surface area contributed by atoms with Gasteiger partial charge in [-0.25, -0.2) is 0 Å². The first-order valence-electron chi connectivity index (χ1n) is 13.1. The third-order valence-corrected chi connectivity index (χ3v) is 12.3. The molecule has 10 heteroatoms. The first kappa shape index (κ1) is 28.5. The number of carbonyl (C=O) groups excluding carboxylic acids is 2. The number of carbonyl (C=O) groups is 2. The fourth-order valence-electron chi connectivity index (χ4n) is 6.87. The van der Waals surface area contributed by atoms with Crippen LogP contribution in [0, 0.1) is 13.1 Å². The second-order valence-electron chi connectivity index (χ2n) is 11.3. The number of anilines is 1. The molecular formula is C28H34I2N2O5Si. The quantitative estimate of drug-likeness (QED) is 0.332. The molecule has 0 radical (unpaired) electrons. The molecule has 0 unspecified atom stereocenters. The van der Waals surface area contributed by atoms with Gasteiger partial charge >= 0.3 is 0 Å². The van der Waals surface area contributed by atoms with Crippen LogP contribution in [-0.4, -0.2) is 60.2 Å². The Bertz CT molecular complexity index is 1250. The Morgan fingerprint density at radius 1 is 1.18 bits per heavy atom. The van der Waals surface area contributed by atoms with Gasteiger partial charge in [-0.2, -0.15) is 0 Å². The first-order valence-corrected chi connectivity index (χ1v) is 18.3. The summed E-state index contributed by atoms with van der Waals surface area (Å²) < 4.78 is 8.92. The summed E-state index contributed by atoms with van der Waals surface area (Å²) >= 11 is 4.54. The molecule has 0 aromatic heterocycles. The van der Waals surface area contributed by atoms with Crippen molar-refractivity contribution in [1.82, 2.24) is 4.90 Å². The van der Waals surface area contributed by atoms with Crippen LogP contribution in [0.2, 0.25) is 18.6 Å². The largest absolute Gasteiger partial charge is 0.432 e. The highest BCUT2D eigenvalue weighted by molar-refractivity contribution is 14.1. The molecule has 2 amide bonds. The maximum absolute atomic E-state index is 14.5. The van der Waals surface area contributed by atoms with Gasteiger partial charge in [0.25, 0.3) is 5.91 Å². The zero-order valence-electron chi connectivity index (χ0n) is 21.9. The number of likely N-dealkylation sites (tertiary alicyclic amines) is 1. The summed E-state index contributed by atoms with van der Waals surface area (Å²) in [5.41, 5.74) is 1.10. The van der Waals surface area contributed by atoms with Gasteiger partial charge in [-0.05, 0) is 107 Å². The van der Waals surface area contributed by atoms with Gasteiger partial charge in [0.05, 0.1) is 37.4 Å². The number of hydrogen-bond donors (Lipinski definition) is 2. The molecular weight excluding hydrogens is 726 g/mol. The molecule has 0 aliphatic carbocycles. The minimum absolute atomic E-state index is 0.0566. The number of aliphatic hydroxyl groups is 1. The van der Waals surface area contributed by atoms with E-state index in [0.717, 1.165) is 36.8 Å². The summed E-state index contributed by atoms with van der Waals surface area (Å²) in [5, 5.41) is 9.76. The molecule has 2 aromatic rings. The van der Waals surface area contributed by atoms with Crippen LogP contribution in [0.25, 0.3) is 0 Å². The van der Waals surface area contributed by atoms with E-state index in [2.05, 4.69) is 51.2 Å². The van der Waals surface area contributed by atoms with Crippen LogP contribution in [0.4, 0.5) is 5.69 Å². The van der Waals surface area contributed by atoms with Gasteiger partial charge in [0.2, 0.25) is 5.91 Å². The van der Waals surface area contributed by atoms with E-state index >= 15 is 0 Å². The lowest BCUT2D eigenvalue weighted by molar-refractivity contribution is -0.150. The standard InChI is InChI=1S/C28H34I2N2O5Si/c1-17-26(38(2,3)36)24(14-25(34)31-11-5-8-21(31)16-33)37-28(17)22-13-20(30)9-10-23(22)32(27(28)35)15-18-6-4-7-19(29)12-18/h4,6-7,9-10,12-13,17,21,24,26,33,36H,5,8,11,14-16H2,1-3H3/t17-,21+,24+,26-,28+/m1/s1. The zero-order valence-corrected chi connectivity index (χ0v) is 27.2. The highest BCUT2D eigenvalue weighted by Gasteiger charge is 2.66. The molecule has 3 heterocycles. The number of nitrogens with zero attached hydrogens (tertiary/aromatic N) is 2. The van der Waals surface area contributed by atoms with E-state index in [0.29, 0.717) is 13.1 Å². The molecule has 5 rings (SSSR count). The Balaban J connectivity index is 1.54. The van der Waals surface area contributed by atoms with Crippen molar-refractivity contribution in [2.24, 2.45) is 5.92 Å². The summed E-state index contributed by atoms with van der Waals surface area (Å²) in [6.45, 7) is 6.73. The number of hydrogen-bond acceptors (Lipinski definition) is 5. The number of halogens is 2. The van der Waals surface area contributed by atoms with E-state index < -0.39 is 20.0 Å². The zero-order chi connectivity index (χ0) is 27.4. The number of benzene rings is 2. The van der Waals surface area contributed by atoms with Gasteiger partial charge in [0.15, 0.2) is 13.9 Å². The molecule has 1 spiro atoms. The van der Waals surface area contributed by atoms with Gasteiger partial charge in [0, 0.05) is 30.7 Å². The molecule has 3 aliphatic heterocycles. The Morgan fingerprint density at radius 3 is 2.61 bits per heavy atom. The van der Waals surface area contributed by atoms with Crippen LogP contribution in [0.15, 0.2) is 42.5 Å². The lowest BCUT2D eigenvalue weighted by Gasteiger charge is -2.32. The van der Waals surface area contributed by atoms with Crippen LogP contribution in [0.3, 0.4) is 0 Å². The third-order valence-electron chi connectivity index (χ3n) is 8.46. The van der Waals surface area contributed by atoms with Crippen molar-refractivity contribution in [2.45, 2.75) is 69.1 Å². The maximum Gasteiger partial charge on any atom is 0.264 e. The lowest BCUT2D eigenvalue weighted by atomic mass is 9.82. The Hall–Kier alpha value is -1.06. The monoisotopic (exact) mass is 760 g/mol. The van der Waals surface area contributed by atoms with E-state index in [-0.39, 0.29) is 42.3 Å². The van der Waals surface area contributed by atoms with Crippen molar-refractivity contribution in [3.8, 4) is 0 Å². The van der Waals surface area contributed by atoms with Gasteiger partial charge < -0.3 is 24.4 Å². The van der Waals surface area contributed by atoms with Crippen molar-refractivity contribution in [3.05, 3.63) is 60.7 Å². The van der Waals surface area contributed by atoms with Gasteiger partial charge in [-0.15, -0.1) is 0 Å². The smallest absolute Gasteiger partial charge is 0.264 e. The lowest BCUT2D eigenvalue weighted by Crippen LogP contribution is -2.46. The van der Waals surface area contributed by atoms with Crippen molar-refractivity contribution in [1.29, 1.82) is 0 Å². The maximum atomic E-state index is 14.5. The predicted octanol–water partition coefficient (Wildman–Crippen LogP) is 4.61. The van der Waals surface area contributed by atoms with E-state index in [1.165, 1.54) is 0 Å². The number of rotatable bonds is 6. The van der Waals surface area contributed by atoms with Crippen molar-refractivity contribution < 1.29 is 24.2 Å². The minimum Gasteiger partial charge on any atom is -0.432 e. The molecule has 2 N–H and O–H groups in total. The summed E-state index contributed by atoms with van der Waals surface area (Å²) in [7, 11) is -2.86. The number of ether oxygens (including phenoxy) is 1. The van der Waals surface area contributed by atoms with Crippen molar-refractivity contribution in [2.75, 3.05) is 18.1 Å². The normalized spacial score (nSPS) is 29.0. The Labute approximate surface area is 252 Å². The van der Waals surface area contributed by atoms with Crippen LogP contribution < -0.4 is 4.90 Å². The fraction of sp³-hybridized carbons (Fsp3) is 0.500. The van der Waals surface area contributed by atoms with E-state index in [1.54, 1.807) is 4.90 Å². The van der Waals surface area contributed by atoms with Crippen molar-refractivity contribution >= 4 is 71.0 Å². The molecule has 0 saturated carbocycles. The molecule has 2 saturated heterocycles. The minimum atomic E-state index is -2.86. The van der Waals surface area contributed by atoms with E-state index in [1.807, 2.05) is 61.3 Å². The molecule has 2 fully saturated rings. The molecule has 0 bridgehead atoms. The Kier molecular flexibility index (Phi) is 8.04. The molecule has 3 aliphatic rings. The second-order valence-corrected chi connectivity index (χ2v) is 17.8. The van der Waals surface area contributed by atoms with Crippen LogP contribution in [0.1, 0.15) is 37.3 Å². The number of amides is 2. The predicted molar refractivity (Wildman–Crippen MR) is 165 cm³/mol. The van der Waals surface area contributed by atoms with E-state index in [4.69, 9.17) is 4.74 Å². The summed E-state index contributed by atoms with van der Waals surface area (Å²) in [4.78, 5) is 42.9. The average molecular weight is 760 g/mol. The first-order chi connectivity index (χ1) is 18.0. The average Bonchev–Trinajstić information content (AvgIpc) is 3.50. The fourth-order valence-corrected chi connectivity index (χ4v) is 10.5. The van der Waals surface area contributed by atoms with Crippen molar-refractivity contribution in [3.63, 3.8) is 0 Å². The summed E-state index contributed by atoms with van der Waals surface area (Å²) in [6, 6.07) is 13.9. The number of aliphatic hydroxyl groups excluding tert-OH is 1. The highest BCUT2D eigenvalue weighted by atomic mass is 127. The molecule has 5 atom stereocenters. The molecule has 2 aromatic carbocycles. The SMILES string of the molecule is C[C@@H]1[C@@H]([Si](C)(C)O)[C@H](CC(=O)N2CCC[C@H]2CO)O[C@@]12C(=O)N(Cc1cccc(I)c1)c1ccc(I)cc12. The third kappa shape index (κ3) is 4.87. The van der Waals surface area contributed by atoms with Crippen LogP contribution in [0.5, 0.6) is 0 Å². The molecule has 204 valence electrons. The molecule has 7 nitrogen and oxygen atoms in total. The summed E-state index contributed by atoms with van der Waals surface area (Å²) in [5.74, 6) is -0.527. The van der Waals surface area contributed by atoms with Gasteiger partial charge in [0.1, 0.15) is 0 Å². The van der Waals surface area contributed by atoms with E-state index in [9.17, 15) is 19.5 Å². The second kappa shape index (κ2) is 10.7. The highest BCUT2D eigenvalue weighted by Crippen LogP contribution is 2.60. The summed E-state index contributed by atoms with van der Waals surface area (Å²) in [6.07, 6.45) is 1.16. The van der Waals surface area contributed by atoms with Crippen LogP contribution >= 0.6 is 45.2 Å². The van der Waals surface area contributed by atoms with Gasteiger partial charge in [-0.1, -0.05) is 19.1 Å². The number of fused-ring (bicyclic) bond motifs is 2. The molecule has 38 heavy (non-hydrogen) atoms. The topological polar surface area (TPSA) is 90.3 Å². The van der Waals surface area contributed by atoms with Crippen LogP contribution in [-0.2, 0) is 26.5 Å². The Morgan fingerprint density at radius 2 is 1.92 bits per heavy atom.